The predicted molar refractivity (Wildman–Crippen MR) is 110 cm³/mol. The summed E-state index contributed by atoms with van der Waals surface area (Å²) in [5.41, 5.74) is -1.29. The molecule has 5 nitrogen and oxygen atoms in total. The normalized spacial score (nSPS) is 36.1. The van der Waals surface area contributed by atoms with Crippen molar-refractivity contribution in [1.82, 2.24) is 10.2 Å². The van der Waals surface area contributed by atoms with Crippen molar-refractivity contribution in [3.8, 4) is 0 Å². The highest BCUT2D eigenvalue weighted by molar-refractivity contribution is 5.88. The lowest BCUT2D eigenvalue weighted by molar-refractivity contribution is -0.214. The van der Waals surface area contributed by atoms with Crippen molar-refractivity contribution in [3.05, 3.63) is 0 Å². The van der Waals surface area contributed by atoms with E-state index in [9.17, 15) is 4.79 Å². The zero-order valence-corrected chi connectivity index (χ0v) is 19.2. The third kappa shape index (κ3) is 3.63. The minimum Gasteiger partial charge on any atom is -0.371 e. The van der Waals surface area contributed by atoms with Crippen molar-refractivity contribution < 1.29 is 14.3 Å². The topological polar surface area (TPSA) is 54.1 Å². The molecule has 28 heavy (non-hydrogen) atoms. The first-order valence-electron chi connectivity index (χ1n) is 11.0. The standard InChI is InChI=1S/C23H40N2O3/c1-18(2)11-19(3,4)13-23(12-18)25(9-16-10-27-16)17(26)22(28-23)14-20(5,6)24-21(7,8)15-22/h16,24H,9-15H2,1-8H3. The van der Waals surface area contributed by atoms with Gasteiger partial charge in [0.05, 0.1) is 19.3 Å². The van der Waals surface area contributed by atoms with E-state index in [0.29, 0.717) is 19.4 Å². The van der Waals surface area contributed by atoms with Crippen LogP contribution >= 0.6 is 0 Å². The lowest BCUT2D eigenvalue weighted by Crippen LogP contribution is -2.65. The molecule has 1 N–H and O–H groups in total. The van der Waals surface area contributed by atoms with Crippen molar-refractivity contribution in [2.75, 3.05) is 13.2 Å². The smallest absolute Gasteiger partial charge is 0.257 e. The van der Waals surface area contributed by atoms with Gasteiger partial charge in [-0.3, -0.25) is 4.79 Å². The Morgan fingerprint density at radius 1 is 0.893 bits per heavy atom. The molecule has 1 atom stereocenters. The molecule has 0 aromatic rings. The number of hydrogen-bond acceptors (Lipinski definition) is 4. The summed E-state index contributed by atoms with van der Waals surface area (Å²) < 4.78 is 12.6. The Kier molecular flexibility index (Phi) is 4.22. The molecule has 1 aliphatic carbocycles. The van der Waals surface area contributed by atoms with Crippen LogP contribution in [-0.2, 0) is 14.3 Å². The highest BCUT2D eigenvalue weighted by atomic mass is 16.6. The molecule has 5 heteroatoms. The molecule has 0 bridgehead atoms. The van der Waals surface area contributed by atoms with Crippen LogP contribution in [0.5, 0.6) is 0 Å². The Labute approximate surface area is 170 Å². The molecular weight excluding hydrogens is 352 g/mol. The molecule has 4 rings (SSSR count). The van der Waals surface area contributed by atoms with Gasteiger partial charge in [0.15, 0.2) is 5.60 Å². The second-order valence-electron chi connectivity index (χ2n) is 13.0. The first-order chi connectivity index (χ1) is 12.6. The van der Waals surface area contributed by atoms with E-state index in [1.165, 1.54) is 0 Å². The number of epoxide rings is 1. The van der Waals surface area contributed by atoms with Crippen LogP contribution in [0, 0.1) is 10.8 Å². The van der Waals surface area contributed by atoms with Gasteiger partial charge in [0.1, 0.15) is 5.72 Å². The highest BCUT2D eigenvalue weighted by Crippen LogP contribution is 2.59. The molecule has 0 aromatic heterocycles. The maximum atomic E-state index is 14.0. The van der Waals surface area contributed by atoms with Gasteiger partial charge in [0.2, 0.25) is 0 Å². The van der Waals surface area contributed by atoms with Crippen molar-refractivity contribution in [1.29, 1.82) is 0 Å². The first kappa shape index (κ1) is 20.6. The average molecular weight is 393 g/mol. The van der Waals surface area contributed by atoms with E-state index in [1.807, 2.05) is 0 Å². The summed E-state index contributed by atoms with van der Waals surface area (Å²) in [4.78, 5) is 16.1. The summed E-state index contributed by atoms with van der Waals surface area (Å²) in [5.74, 6) is 0.194. The molecule has 3 saturated heterocycles. The first-order valence-corrected chi connectivity index (χ1v) is 11.0. The fourth-order valence-corrected chi connectivity index (χ4v) is 7.48. The zero-order chi connectivity index (χ0) is 20.8. The molecule has 1 amide bonds. The molecule has 1 unspecified atom stereocenters. The van der Waals surface area contributed by atoms with E-state index in [0.717, 1.165) is 25.9 Å². The third-order valence-corrected chi connectivity index (χ3v) is 6.90. The Morgan fingerprint density at radius 2 is 1.39 bits per heavy atom. The minimum atomic E-state index is -0.739. The summed E-state index contributed by atoms with van der Waals surface area (Å²) >= 11 is 0. The number of amides is 1. The van der Waals surface area contributed by atoms with Gasteiger partial charge in [0.25, 0.3) is 5.91 Å². The largest absolute Gasteiger partial charge is 0.371 e. The molecule has 3 aliphatic heterocycles. The number of nitrogens with zero attached hydrogens (tertiary/aromatic N) is 1. The maximum absolute atomic E-state index is 14.0. The lowest BCUT2D eigenvalue weighted by atomic mass is 9.62. The molecule has 4 fully saturated rings. The third-order valence-electron chi connectivity index (χ3n) is 6.90. The van der Waals surface area contributed by atoms with Crippen LogP contribution in [0.25, 0.3) is 0 Å². The summed E-state index contributed by atoms with van der Waals surface area (Å²) in [6, 6.07) is 0. The number of rotatable bonds is 2. The number of carbonyl (C=O) groups excluding carboxylic acids is 1. The van der Waals surface area contributed by atoms with Crippen LogP contribution in [0.3, 0.4) is 0 Å². The van der Waals surface area contributed by atoms with Gasteiger partial charge in [-0.2, -0.15) is 0 Å². The molecule has 3 heterocycles. The van der Waals surface area contributed by atoms with E-state index in [1.54, 1.807) is 0 Å². The van der Waals surface area contributed by atoms with Crippen LogP contribution in [-0.4, -0.2) is 52.5 Å². The Bertz CT molecular complexity index is 643. The van der Waals surface area contributed by atoms with Crippen molar-refractivity contribution in [2.24, 2.45) is 10.8 Å². The van der Waals surface area contributed by atoms with Crippen LogP contribution < -0.4 is 5.32 Å². The molecule has 160 valence electrons. The van der Waals surface area contributed by atoms with Gasteiger partial charge >= 0.3 is 0 Å². The Hall–Kier alpha value is -0.650. The molecule has 2 spiro atoms. The molecule has 0 aromatic carbocycles. The second kappa shape index (κ2) is 5.73. The number of carbonyl (C=O) groups is 1. The fourth-order valence-electron chi connectivity index (χ4n) is 7.48. The van der Waals surface area contributed by atoms with Crippen LogP contribution in [0.15, 0.2) is 0 Å². The SMILES string of the molecule is CC1(C)CC(C)(C)CC2(C1)OC1(CC(C)(C)NC(C)(C)C1)C(=O)N2CC1CO1. The van der Waals surface area contributed by atoms with Crippen LogP contribution in [0.2, 0.25) is 0 Å². The molecular formula is C23H40N2O3. The Morgan fingerprint density at radius 3 is 1.86 bits per heavy atom. The van der Waals surface area contributed by atoms with Crippen LogP contribution in [0.1, 0.15) is 87.5 Å². The van der Waals surface area contributed by atoms with E-state index >= 15 is 0 Å². The Balaban J connectivity index is 1.77. The van der Waals surface area contributed by atoms with Crippen LogP contribution in [0.4, 0.5) is 0 Å². The van der Waals surface area contributed by atoms with Gasteiger partial charge in [-0.15, -0.1) is 0 Å². The fraction of sp³-hybridized carbons (Fsp3) is 0.957. The van der Waals surface area contributed by atoms with Gasteiger partial charge in [0, 0.05) is 36.8 Å². The number of piperidine rings is 1. The van der Waals surface area contributed by atoms with Gasteiger partial charge in [-0.25, -0.2) is 0 Å². The van der Waals surface area contributed by atoms with Crippen molar-refractivity contribution in [2.45, 2.75) is 116 Å². The summed E-state index contributed by atoms with van der Waals surface area (Å²) in [7, 11) is 0. The van der Waals surface area contributed by atoms with Gasteiger partial charge < -0.3 is 19.7 Å². The number of ether oxygens (including phenoxy) is 2. The molecule has 0 radical (unpaired) electrons. The molecule has 4 aliphatic rings. The van der Waals surface area contributed by atoms with E-state index in [-0.39, 0.29) is 33.9 Å². The monoisotopic (exact) mass is 392 g/mol. The predicted octanol–water partition coefficient (Wildman–Crippen LogP) is 3.86. The van der Waals surface area contributed by atoms with Gasteiger partial charge in [-0.05, 0) is 44.9 Å². The van der Waals surface area contributed by atoms with E-state index in [4.69, 9.17) is 9.47 Å². The second-order valence-corrected chi connectivity index (χ2v) is 13.0. The van der Waals surface area contributed by atoms with Crippen molar-refractivity contribution in [3.63, 3.8) is 0 Å². The van der Waals surface area contributed by atoms with Gasteiger partial charge in [-0.1, -0.05) is 27.7 Å². The molecule has 1 saturated carbocycles. The van der Waals surface area contributed by atoms with E-state index < -0.39 is 11.3 Å². The zero-order valence-electron chi connectivity index (χ0n) is 19.2. The highest BCUT2D eigenvalue weighted by Gasteiger charge is 2.67. The minimum absolute atomic E-state index is 0.133. The quantitative estimate of drug-likeness (QED) is 0.725. The summed E-state index contributed by atoms with van der Waals surface area (Å²) in [5, 5.41) is 3.72. The van der Waals surface area contributed by atoms with Crippen molar-refractivity contribution >= 4 is 5.91 Å². The summed E-state index contributed by atoms with van der Waals surface area (Å²) in [6.45, 7) is 19.5. The summed E-state index contributed by atoms with van der Waals surface area (Å²) in [6.07, 6.45) is 4.56. The number of hydrogen-bond donors (Lipinski definition) is 1. The average Bonchev–Trinajstić information content (AvgIpc) is 3.16. The lowest BCUT2D eigenvalue weighted by Gasteiger charge is -2.54. The maximum Gasteiger partial charge on any atom is 0.257 e. The van der Waals surface area contributed by atoms with E-state index in [2.05, 4.69) is 65.6 Å². The number of nitrogens with one attached hydrogen (secondary N) is 1.